The summed E-state index contributed by atoms with van der Waals surface area (Å²) in [5.41, 5.74) is -3.08. The Morgan fingerprint density at radius 3 is 2.26 bits per heavy atom. The number of hydrogen-bond donors (Lipinski definition) is 1. The molecule has 2 heterocycles. The predicted octanol–water partition coefficient (Wildman–Crippen LogP) is 4.48. The summed E-state index contributed by atoms with van der Waals surface area (Å²) in [4.78, 5) is 3.87. The third kappa shape index (κ3) is 5.13. The number of nitrogens with zero attached hydrogens (tertiary/aromatic N) is 3. The van der Waals surface area contributed by atoms with Crippen molar-refractivity contribution in [2.24, 2.45) is 5.14 Å². The Morgan fingerprint density at radius 1 is 0.886 bits per heavy atom. The molecule has 0 amide bonds. The third-order valence-electron chi connectivity index (χ3n) is 4.75. The summed E-state index contributed by atoms with van der Waals surface area (Å²) in [7, 11) is -4.01. The number of fused-ring (bicyclic) bond motifs is 1. The molecule has 2 aromatic carbocycles. The van der Waals surface area contributed by atoms with Crippen LogP contribution in [0.25, 0.3) is 16.9 Å². The van der Waals surface area contributed by atoms with Crippen molar-refractivity contribution in [1.82, 2.24) is 14.6 Å². The molecule has 0 fully saturated rings. The van der Waals surface area contributed by atoms with E-state index >= 15 is 0 Å². The molecule has 2 aromatic heterocycles. The number of nitrogens with two attached hydrogens (primary N) is 1. The summed E-state index contributed by atoms with van der Waals surface area (Å²) >= 11 is 0. The topological polar surface area (TPSA) is 90.4 Å². The smallest absolute Gasteiger partial charge is 0.227 e. The number of primary sulfonamides is 1. The van der Waals surface area contributed by atoms with Gasteiger partial charge in [0.15, 0.2) is 11.3 Å². The van der Waals surface area contributed by atoms with Gasteiger partial charge >= 0.3 is 12.4 Å². The number of halogens is 6. The Bertz CT molecular complexity index is 1610. The molecule has 0 spiro atoms. The quantitative estimate of drug-likeness (QED) is 0.318. The fourth-order valence-corrected chi connectivity index (χ4v) is 3.71. The van der Waals surface area contributed by atoms with Crippen molar-refractivity contribution >= 4 is 15.7 Å². The highest BCUT2D eigenvalue weighted by atomic mass is 32.2. The molecule has 180 valence electrons. The van der Waals surface area contributed by atoms with Crippen molar-refractivity contribution in [3.8, 4) is 23.1 Å². The average Bonchev–Trinajstić information content (AvgIpc) is 3.18. The van der Waals surface area contributed by atoms with Gasteiger partial charge in [0.05, 0.1) is 27.9 Å². The summed E-state index contributed by atoms with van der Waals surface area (Å²) in [6.45, 7) is 0. The van der Waals surface area contributed by atoms with Gasteiger partial charge in [0, 0.05) is 11.1 Å². The maximum Gasteiger partial charge on any atom is 0.433 e. The van der Waals surface area contributed by atoms with Gasteiger partial charge in [0.2, 0.25) is 10.0 Å². The minimum absolute atomic E-state index is 0.0645. The zero-order valence-corrected chi connectivity index (χ0v) is 18.0. The van der Waals surface area contributed by atoms with Crippen LogP contribution in [0.4, 0.5) is 26.3 Å². The lowest BCUT2D eigenvalue weighted by atomic mass is 10.1. The second-order valence-electron chi connectivity index (χ2n) is 7.22. The first-order valence-electron chi connectivity index (χ1n) is 9.52. The highest BCUT2D eigenvalue weighted by Crippen LogP contribution is 2.35. The lowest BCUT2D eigenvalue weighted by Gasteiger charge is -2.12. The van der Waals surface area contributed by atoms with Crippen LogP contribution in [0.3, 0.4) is 0 Å². The van der Waals surface area contributed by atoms with Crippen molar-refractivity contribution in [2.75, 3.05) is 0 Å². The van der Waals surface area contributed by atoms with Gasteiger partial charge in [-0.05, 0) is 36.4 Å². The van der Waals surface area contributed by atoms with E-state index in [2.05, 4.69) is 21.9 Å². The lowest BCUT2D eigenvalue weighted by Crippen LogP contribution is -2.14. The van der Waals surface area contributed by atoms with Crippen LogP contribution in [0.5, 0.6) is 0 Å². The Morgan fingerprint density at radius 2 is 1.60 bits per heavy atom. The largest absolute Gasteiger partial charge is 0.433 e. The standard InChI is InChI=1S/C22H12F6N4O2S/c23-21(24,25)16-5-2-4-14(10-16)18-11-19(22(26,27)28)32-20(31-18)15(12-30-32)8-7-13-3-1-6-17(9-13)35(29,33)34/h1-6,9-12H,(H2,29,33,34). The van der Waals surface area contributed by atoms with Gasteiger partial charge in [-0.15, -0.1) is 0 Å². The SMILES string of the molecule is NS(=O)(=O)c1cccc(C#Cc2cnn3c(C(F)(F)F)cc(-c4cccc(C(F)(F)F)c4)nc23)c1. The molecule has 0 aliphatic rings. The Labute approximate surface area is 194 Å². The molecule has 0 bridgehead atoms. The normalized spacial score (nSPS) is 12.4. The predicted molar refractivity (Wildman–Crippen MR) is 112 cm³/mol. The first-order chi connectivity index (χ1) is 16.2. The van der Waals surface area contributed by atoms with E-state index in [-0.39, 0.29) is 32.9 Å². The number of aromatic nitrogens is 3. The number of rotatable bonds is 2. The van der Waals surface area contributed by atoms with Gasteiger partial charge in [-0.3, -0.25) is 0 Å². The van der Waals surface area contributed by atoms with Gasteiger partial charge in [0.1, 0.15) is 0 Å². The summed E-state index contributed by atoms with van der Waals surface area (Å²) in [5.74, 6) is 5.18. The highest BCUT2D eigenvalue weighted by molar-refractivity contribution is 7.89. The molecule has 0 unspecified atom stereocenters. The molecule has 0 saturated carbocycles. The van der Waals surface area contributed by atoms with Gasteiger partial charge in [-0.1, -0.05) is 30.0 Å². The van der Waals surface area contributed by atoms with Crippen LogP contribution < -0.4 is 5.14 Å². The van der Waals surface area contributed by atoms with E-state index in [1.54, 1.807) is 0 Å². The minimum atomic E-state index is -4.90. The molecule has 0 aliphatic carbocycles. The van der Waals surface area contributed by atoms with Crippen molar-refractivity contribution in [2.45, 2.75) is 17.2 Å². The van der Waals surface area contributed by atoms with Gasteiger partial charge < -0.3 is 0 Å². The van der Waals surface area contributed by atoms with Crippen LogP contribution in [0.15, 0.2) is 65.7 Å². The average molecular weight is 510 g/mol. The Kier molecular flexibility index (Phi) is 5.82. The first-order valence-corrected chi connectivity index (χ1v) is 11.1. The molecule has 0 atom stereocenters. The van der Waals surface area contributed by atoms with Crippen molar-refractivity contribution in [1.29, 1.82) is 0 Å². The maximum atomic E-state index is 13.7. The number of alkyl halides is 6. The molecule has 13 heteroatoms. The lowest BCUT2D eigenvalue weighted by molar-refractivity contribution is -0.142. The van der Waals surface area contributed by atoms with E-state index in [1.165, 1.54) is 30.3 Å². The molecular weight excluding hydrogens is 498 g/mol. The summed E-state index contributed by atoms with van der Waals surface area (Å²) < 4.78 is 104. The maximum absolute atomic E-state index is 13.7. The Balaban J connectivity index is 1.88. The van der Waals surface area contributed by atoms with Crippen LogP contribution >= 0.6 is 0 Å². The molecule has 6 nitrogen and oxygen atoms in total. The van der Waals surface area contributed by atoms with Crippen LogP contribution in [-0.2, 0) is 22.4 Å². The molecule has 0 aliphatic heterocycles. The number of hydrogen-bond acceptors (Lipinski definition) is 4. The van der Waals surface area contributed by atoms with E-state index in [4.69, 9.17) is 5.14 Å². The van der Waals surface area contributed by atoms with Crippen LogP contribution in [0.1, 0.15) is 22.4 Å². The third-order valence-corrected chi connectivity index (χ3v) is 5.66. The molecule has 4 rings (SSSR count). The van der Waals surface area contributed by atoms with Crippen molar-refractivity contribution in [3.63, 3.8) is 0 Å². The van der Waals surface area contributed by atoms with E-state index in [0.29, 0.717) is 16.6 Å². The highest BCUT2D eigenvalue weighted by Gasteiger charge is 2.36. The molecule has 2 N–H and O–H groups in total. The fourth-order valence-electron chi connectivity index (χ4n) is 3.15. The van der Waals surface area contributed by atoms with Gasteiger partial charge in [0.25, 0.3) is 0 Å². The fraction of sp³-hybridized carbons (Fsp3) is 0.0909. The molecule has 4 aromatic rings. The summed E-state index contributed by atoms with van der Waals surface area (Å²) in [6.07, 6.45) is -8.59. The molecule has 0 saturated heterocycles. The minimum Gasteiger partial charge on any atom is -0.227 e. The Hall–Kier alpha value is -3.89. The van der Waals surface area contributed by atoms with Crippen molar-refractivity contribution < 1.29 is 34.8 Å². The molecule has 0 radical (unpaired) electrons. The zero-order valence-electron chi connectivity index (χ0n) is 17.2. The van der Waals surface area contributed by atoms with Crippen LogP contribution in [-0.4, -0.2) is 23.0 Å². The molecule has 35 heavy (non-hydrogen) atoms. The van der Waals surface area contributed by atoms with E-state index in [0.717, 1.165) is 18.3 Å². The second kappa shape index (κ2) is 8.40. The van der Waals surface area contributed by atoms with Crippen molar-refractivity contribution in [3.05, 3.63) is 83.2 Å². The first kappa shape index (κ1) is 24.2. The number of benzene rings is 2. The van der Waals surface area contributed by atoms with E-state index in [1.807, 2.05) is 0 Å². The van der Waals surface area contributed by atoms with Gasteiger partial charge in [-0.2, -0.15) is 31.4 Å². The monoisotopic (exact) mass is 510 g/mol. The summed E-state index contributed by atoms with van der Waals surface area (Å²) in [6, 6.07) is 9.61. The summed E-state index contributed by atoms with van der Waals surface area (Å²) in [5, 5.41) is 8.76. The number of sulfonamides is 1. The second-order valence-corrected chi connectivity index (χ2v) is 8.78. The van der Waals surface area contributed by atoms with E-state index < -0.39 is 33.6 Å². The van der Waals surface area contributed by atoms with Crippen LogP contribution in [0.2, 0.25) is 0 Å². The van der Waals surface area contributed by atoms with Gasteiger partial charge in [-0.25, -0.2) is 23.1 Å². The van der Waals surface area contributed by atoms with Crippen LogP contribution in [0, 0.1) is 11.8 Å². The zero-order chi connectivity index (χ0) is 25.6. The molecular formula is C22H12F6N4O2S. The van der Waals surface area contributed by atoms with E-state index in [9.17, 15) is 34.8 Å².